The summed E-state index contributed by atoms with van der Waals surface area (Å²) in [6, 6.07) is 9.00. The Kier molecular flexibility index (Phi) is 4.13. The van der Waals surface area contributed by atoms with Gasteiger partial charge >= 0.3 is 0 Å². The van der Waals surface area contributed by atoms with Gasteiger partial charge in [-0.1, -0.05) is 43.7 Å². The van der Waals surface area contributed by atoms with E-state index in [0.717, 1.165) is 25.8 Å². The molecule has 1 aromatic carbocycles. The molecule has 0 radical (unpaired) electrons. The molecule has 2 rings (SSSR count). The normalized spacial score (nSPS) is 16.9. The van der Waals surface area contributed by atoms with Crippen molar-refractivity contribution in [1.29, 1.82) is 0 Å². The van der Waals surface area contributed by atoms with Crippen molar-refractivity contribution in [3.8, 4) is 0 Å². The topological polar surface area (TPSA) is 37.4 Å². The molecule has 0 N–H and O–H groups in total. The van der Waals surface area contributed by atoms with E-state index in [9.17, 15) is 9.59 Å². The summed E-state index contributed by atoms with van der Waals surface area (Å²) in [5.41, 5.74) is 0.704. The molecular formula is C15H19NO2. The minimum absolute atomic E-state index is 0.0766. The number of hydrogen-bond acceptors (Lipinski definition) is 2. The molecule has 3 nitrogen and oxygen atoms in total. The smallest absolute Gasteiger partial charge is 0.223 e. The molecule has 1 aliphatic heterocycles. The van der Waals surface area contributed by atoms with Crippen LogP contribution in [0.4, 0.5) is 0 Å². The van der Waals surface area contributed by atoms with E-state index in [2.05, 4.69) is 0 Å². The highest BCUT2D eigenvalue weighted by atomic mass is 16.2. The molecule has 0 bridgehead atoms. The van der Waals surface area contributed by atoms with E-state index < -0.39 is 0 Å². The number of nitrogens with zero attached hydrogens (tertiary/aromatic N) is 1. The van der Waals surface area contributed by atoms with Crippen molar-refractivity contribution in [3.63, 3.8) is 0 Å². The van der Waals surface area contributed by atoms with Gasteiger partial charge in [0.05, 0.1) is 6.04 Å². The first-order valence-corrected chi connectivity index (χ1v) is 6.62. The Bertz CT molecular complexity index is 427. The zero-order chi connectivity index (χ0) is 13.0. The highest BCUT2D eigenvalue weighted by Gasteiger charge is 2.32. The molecule has 0 aromatic heterocycles. The van der Waals surface area contributed by atoms with Crippen LogP contribution in [0.3, 0.4) is 0 Å². The number of ketones is 1. The lowest BCUT2D eigenvalue weighted by Gasteiger charge is -2.26. The number of benzene rings is 1. The average molecular weight is 245 g/mol. The van der Waals surface area contributed by atoms with Crippen molar-refractivity contribution in [3.05, 3.63) is 35.9 Å². The van der Waals surface area contributed by atoms with Gasteiger partial charge in [-0.2, -0.15) is 0 Å². The molecule has 96 valence electrons. The zero-order valence-corrected chi connectivity index (χ0v) is 10.8. The van der Waals surface area contributed by atoms with Gasteiger partial charge in [-0.3, -0.25) is 9.59 Å². The third-order valence-corrected chi connectivity index (χ3v) is 3.41. The highest BCUT2D eigenvalue weighted by molar-refractivity contribution is 6.02. The fourth-order valence-electron chi connectivity index (χ4n) is 2.50. The van der Waals surface area contributed by atoms with E-state index in [1.807, 2.05) is 37.3 Å². The largest absolute Gasteiger partial charge is 0.332 e. The minimum Gasteiger partial charge on any atom is -0.332 e. The zero-order valence-electron chi connectivity index (χ0n) is 10.8. The van der Waals surface area contributed by atoms with Crippen LogP contribution < -0.4 is 0 Å². The maximum absolute atomic E-state index is 12.5. The molecule has 0 saturated carbocycles. The van der Waals surface area contributed by atoms with E-state index in [1.165, 1.54) is 0 Å². The second-order valence-electron chi connectivity index (χ2n) is 4.73. The van der Waals surface area contributed by atoms with Crippen molar-refractivity contribution in [2.75, 3.05) is 6.54 Å². The van der Waals surface area contributed by atoms with Crippen molar-refractivity contribution < 1.29 is 9.59 Å². The Morgan fingerprint density at radius 1 is 1.33 bits per heavy atom. The number of carbonyl (C=O) groups is 2. The third-order valence-electron chi connectivity index (χ3n) is 3.41. The molecule has 1 heterocycles. The summed E-state index contributed by atoms with van der Waals surface area (Å²) in [6.45, 7) is 2.77. The van der Waals surface area contributed by atoms with E-state index in [4.69, 9.17) is 0 Å². The van der Waals surface area contributed by atoms with Crippen LogP contribution in [0, 0.1) is 0 Å². The maximum atomic E-state index is 12.5. The van der Waals surface area contributed by atoms with Crippen molar-refractivity contribution >= 4 is 11.7 Å². The van der Waals surface area contributed by atoms with Crippen LogP contribution in [-0.2, 0) is 4.79 Å². The van der Waals surface area contributed by atoms with Crippen molar-refractivity contribution in [2.24, 2.45) is 0 Å². The molecular weight excluding hydrogens is 226 g/mol. The number of Topliss-reactive ketones (excluding diaryl/α,β-unsaturated/α-hetero) is 1. The number of rotatable bonds is 5. The first-order valence-electron chi connectivity index (χ1n) is 6.62. The molecule has 1 aromatic rings. The lowest BCUT2D eigenvalue weighted by molar-refractivity contribution is -0.129. The van der Waals surface area contributed by atoms with Gasteiger partial charge in [-0.15, -0.1) is 0 Å². The predicted octanol–water partition coefficient (Wildman–Crippen LogP) is 2.66. The Balaban J connectivity index is 2.19. The molecule has 3 heteroatoms. The van der Waals surface area contributed by atoms with Gasteiger partial charge in [0, 0.05) is 18.5 Å². The van der Waals surface area contributed by atoms with Crippen molar-refractivity contribution in [2.45, 2.75) is 38.6 Å². The van der Waals surface area contributed by atoms with Crippen LogP contribution in [0.15, 0.2) is 30.3 Å². The molecule has 1 saturated heterocycles. The van der Waals surface area contributed by atoms with Gasteiger partial charge in [0.2, 0.25) is 5.91 Å². The van der Waals surface area contributed by atoms with E-state index in [-0.39, 0.29) is 17.7 Å². The summed E-state index contributed by atoms with van der Waals surface area (Å²) in [6.07, 6.45) is 3.12. The second kappa shape index (κ2) is 5.80. The molecule has 0 spiro atoms. The molecule has 18 heavy (non-hydrogen) atoms. The summed E-state index contributed by atoms with van der Waals surface area (Å²) >= 11 is 0. The summed E-state index contributed by atoms with van der Waals surface area (Å²) in [5, 5.41) is 0. The summed E-state index contributed by atoms with van der Waals surface area (Å²) in [7, 11) is 0. The van der Waals surface area contributed by atoms with Gasteiger partial charge in [0.1, 0.15) is 0 Å². The molecule has 1 aliphatic rings. The number of hydrogen-bond donors (Lipinski definition) is 0. The number of amides is 1. The van der Waals surface area contributed by atoms with Crippen LogP contribution in [0.5, 0.6) is 0 Å². The maximum Gasteiger partial charge on any atom is 0.223 e. The van der Waals surface area contributed by atoms with E-state index in [1.54, 1.807) is 4.90 Å². The van der Waals surface area contributed by atoms with Gasteiger partial charge in [0.25, 0.3) is 0 Å². The van der Waals surface area contributed by atoms with Crippen LogP contribution in [0.1, 0.15) is 43.0 Å². The minimum atomic E-state index is -0.271. The summed E-state index contributed by atoms with van der Waals surface area (Å²) in [5.74, 6) is 0.199. The Morgan fingerprint density at radius 3 is 2.61 bits per heavy atom. The van der Waals surface area contributed by atoms with Gasteiger partial charge in [-0.25, -0.2) is 0 Å². The fourth-order valence-corrected chi connectivity index (χ4v) is 2.50. The number of likely N-dealkylation sites (tertiary alicyclic amines) is 1. The van der Waals surface area contributed by atoms with E-state index in [0.29, 0.717) is 12.0 Å². The highest BCUT2D eigenvalue weighted by Crippen LogP contribution is 2.20. The van der Waals surface area contributed by atoms with Crippen LogP contribution in [0.2, 0.25) is 0 Å². The molecule has 1 fully saturated rings. The lowest BCUT2D eigenvalue weighted by Crippen LogP contribution is -2.41. The summed E-state index contributed by atoms with van der Waals surface area (Å²) < 4.78 is 0. The van der Waals surface area contributed by atoms with Gasteiger partial charge in [0.15, 0.2) is 5.78 Å². The standard InChI is InChI=1S/C15H19NO2/c1-2-7-13(16-11-6-10-14(16)17)15(18)12-8-4-3-5-9-12/h3-5,8-9,13H,2,6-7,10-11H2,1H3. The quantitative estimate of drug-likeness (QED) is 0.748. The van der Waals surface area contributed by atoms with Crippen LogP contribution in [-0.4, -0.2) is 29.2 Å². The van der Waals surface area contributed by atoms with E-state index >= 15 is 0 Å². The third kappa shape index (κ3) is 2.61. The fraction of sp³-hybridized carbons (Fsp3) is 0.467. The van der Waals surface area contributed by atoms with Crippen LogP contribution >= 0.6 is 0 Å². The first kappa shape index (κ1) is 12.8. The number of carbonyl (C=O) groups excluding carboxylic acids is 2. The molecule has 0 aliphatic carbocycles. The second-order valence-corrected chi connectivity index (χ2v) is 4.73. The van der Waals surface area contributed by atoms with Gasteiger partial charge in [-0.05, 0) is 12.8 Å². The Morgan fingerprint density at radius 2 is 2.06 bits per heavy atom. The molecule has 1 amide bonds. The van der Waals surface area contributed by atoms with Gasteiger partial charge < -0.3 is 4.90 Å². The monoisotopic (exact) mass is 245 g/mol. The predicted molar refractivity (Wildman–Crippen MR) is 70.4 cm³/mol. The molecule has 1 unspecified atom stereocenters. The average Bonchev–Trinajstić information content (AvgIpc) is 2.82. The SMILES string of the molecule is CCCC(C(=O)c1ccccc1)N1CCCC1=O. The lowest BCUT2D eigenvalue weighted by atomic mass is 9.99. The van der Waals surface area contributed by atoms with Crippen molar-refractivity contribution in [1.82, 2.24) is 4.90 Å². The van der Waals surface area contributed by atoms with Crippen LogP contribution in [0.25, 0.3) is 0 Å². The first-order chi connectivity index (χ1) is 8.74. The Hall–Kier alpha value is -1.64. The Labute approximate surface area is 108 Å². The molecule has 1 atom stereocenters. The summed E-state index contributed by atoms with van der Waals surface area (Å²) in [4.78, 5) is 26.0.